The number of carbonyl (C=O) groups excluding carboxylic acids is 2. The molecule has 9 heteroatoms. The van der Waals surface area contributed by atoms with Gasteiger partial charge in [-0.2, -0.15) is 0 Å². The number of rotatable bonds is 9. The van der Waals surface area contributed by atoms with Gasteiger partial charge in [-0.05, 0) is 61.7 Å². The van der Waals surface area contributed by atoms with Gasteiger partial charge in [-0.3, -0.25) is 14.3 Å². The third-order valence-electron chi connectivity index (χ3n) is 5.46. The number of hydrogen-bond donors (Lipinski definition) is 3. The Bertz CT molecular complexity index is 1060. The summed E-state index contributed by atoms with van der Waals surface area (Å²) < 4.78 is 33.1. The number of amides is 2. The molecule has 0 saturated heterocycles. The second-order valence-electron chi connectivity index (χ2n) is 7.87. The molecule has 0 spiro atoms. The van der Waals surface area contributed by atoms with Crippen molar-refractivity contribution in [1.29, 1.82) is 0 Å². The largest absolute Gasteiger partial charge is 0.497 e. The monoisotopic (exact) mass is 459 g/mol. The number of sulfonamides is 1. The van der Waals surface area contributed by atoms with Crippen molar-refractivity contribution in [2.24, 2.45) is 0 Å². The Morgan fingerprint density at radius 3 is 2.41 bits per heavy atom. The van der Waals surface area contributed by atoms with Crippen molar-refractivity contribution in [2.45, 2.75) is 50.0 Å². The maximum atomic E-state index is 12.8. The van der Waals surface area contributed by atoms with Crippen LogP contribution in [0, 0.1) is 6.92 Å². The lowest BCUT2D eigenvalue weighted by atomic mass is 10.1. The fourth-order valence-corrected chi connectivity index (χ4v) is 4.73. The highest BCUT2D eigenvalue weighted by atomic mass is 32.2. The van der Waals surface area contributed by atoms with Crippen LogP contribution in [0.15, 0.2) is 47.4 Å². The number of nitrogens with one attached hydrogen (secondary N) is 3. The van der Waals surface area contributed by atoms with Crippen molar-refractivity contribution >= 4 is 27.5 Å². The van der Waals surface area contributed by atoms with Gasteiger partial charge in [-0.1, -0.05) is 18.9 Å². The Morgan fingerprint density at radius 1 is 1.06 bits per heavy atom. The van der Waals surface area contributed by atoms with E-state index in [0.29, 0.717) is 17.0 Å². The van der Waals surface area contributed by atoms with Gasteiger partial charge in [-0.15, -0.1) is 0 Å². The molecule has 3 N–H and O–H groups in total. The van der Waals surface area contributed by atoms with E-state index in [9.17, 15) is 18.0 Å². The van der Waals surface area contributed by atoms with E-state index < -0.39 is 15.9 Å². The van der Waals surface area contributed by atoms with E-state index in [1.165, 1.54) is 19.2 Å². The number of methoxy groups -OCH3 is 1. The van der Waals surface area contributed by atoms with Crippen molar-refractivity contribution in [3.05, 3.63) is 53.6 Å². The quantitative estimate of drug-likeness (QED) is 0.534. The third-order valence-corrected chi connectivity index (χ3v) is 6.84. The lowest BCUT2D eigenvalue weighted by Gasteiger charge is -2.13. The van der Waals surface area contributed by atoms with Crippen molar-refractivity contribution in [2.75, 3.05) is 18.4 Å². The van der Waals surface area contributed by atoms with Crippen LogP contribution in [-0.2, 0) is 14.8 Å². The summed E-state index contributed by atoms with van der Waals surface area (Å²) in [6.07, 6.45) is 4.45. The average molecular weight is 460 g/mol. The van der Waals surface area contributed by atoms with Gasteiger partial charge in [0.15, 0.2) is 0 Å². The zero-order chi connectivity index (χ0) is 23.1. The zero-order valence-electron chi connectivity index (χ0n) is 18.3. The molecular weight excluding hydrogens is 430 g/mol. The van der Waals surface area contributed by atoms with E-state index >= 15 is 0 Å². The highest BCUT2D eigenvalue weighted by Crippen LogP contribution is 2.21. The number of aryl methyl sites for hydroxylation is 1. The lowest BCUT2D eigenvalue weighted by Crippen LogP contribution is -2.35. The number of carbonyl (C=O) groups is 2. The van der Waals surface area contributed by atoms with E-state index in [1.807, 2.05) is 0 Å². The molecule has 1 fully saturated rings. The lowest BCUT2D eigenvalue weighted by molar-refractivity contribution is -0.121. The molecule has 1 aliphatic rings. The SMILES string of the molecule is COc1ccc(NS(=O)(=O)c2ccc(C)c(C(=O)NCCC(=O)NC3CCCC3)c2)cc1. The molecule has 0 unspecified atom stereocenters. The summed E-state index contributed by atoms with van der Waals surface area (Å²) in [7, 11) is -2.36. The molecule has 172 valence electrons. The van der Waals surface area contributed by atoms with Gasteiger partial charge in [0.25, 0.3) is 15.9 Å². The minimum absolute atomic E-state index is 0.0250. The van der Waals surface area contributed by atoms with E-state index in [4.69, 9.17) is 4.74 Å². The fourth-order valence-electron chi connectivity index (χ4n) is 3.64. The Kier molecular flexibility index (Phi) is 7.74. The van der Waals surface area contributed by atoms with Crippen LogP contribution in [0.4, 0.5) is 5.69 Å². The van der Waals surface area contributed by atoms with Crippen molar-refractivity contribution < 1.29 is 22.7 Å². The summed E-state index contributed by atoms with van der Waals surface area (Å²) in [5.41, 5.74) is 1.27. The first kappa shape index (κ1) is 23.6. The van der Waals surface area contributed by atoms with Gasteiger partial charge in [0.2, 0.25) is 5.91 Å². The number of ether oxygens (including phenoxy) is 1. The minimum atomic E-state index is -3.89. The predicted octanol–water partition coefficient (Wildman–Crippen LogP) is 2.98. The molecule has 8 nitrogen and oxygen atoms in total. The summed E-state index contributed by atoms with van der Waals surface area (Å²) in [6, 6.07) is 11.1. The van der Waals surface area contributed by atoms with Gasteiger partial charge in [0, 0.05) is 30.3 Å². The van der Waals surface area contributed by atoms with Crippen LogP contribution >= 0.6 is 0 Å². The molecule has 0 heterocycles. The Balaban J connectivity index is 1.61. The molecular formula is C23H29N3O5S. The second kappa shape index (κ2) is 10.5. The molecule has 0 radical (unpaired) electrons. The molecule has 1 aliphatic carbocycles. The maximum absolute atomic E-state index is 12.8. The first-order valence-electron chi connectivity index (χ1n) is 10.6. The number of hydrogen-bond acceptors (Lipinski definition) is 5. The number of benzene rings is 2. The van der Waals surface area contributed by atoms with Gasteiger partial charge < -0.3 is 15.4 Å². The molecule has 3 rings (SSSR count). The summed E-state index contributed by atoms with van der Waals surface area (Å²) in [6.45, 7) is 1.91. The van der Waals surface area contributed by atoms with Crippen LogP contribution in [0.25, 0.3) is 0 Å². The van der Waals surface area contributed by atoms with Crippen LogP contribution in [0.1, 0.15) is 48.0 Å². The normalized spacial score (nSPS) is 14.1. The average Bonchev–Trinajstić information content (AvgIpc) is 3.27. The highest BCUT2D eigenvalue weighted by molar-refractivity contribution is 7.92. The van der Waals surface area contributed by atoms with E-state index in [2.05, 4.69) is 15.4 Å². The van der Waals surface area contributed by atoms with Crippen LogP contribution < -0.4 is 20.1 Å². The van der Waals surface area contributed by atoms with Gasteiger partial charge in [0.1, 0.15) is 5.75 Å². The molecule has 2 amide bonds. The predicted molar refractivity (Wildman–Crippen MR) is 122 cm³/mol. The Morgan fingerprint density at radius 2 is 1.75 bits per heavy atom. The van der Waals surface area contributed by atoms with E-state index in [-0.39, 0.29) is 35.4 Å². The molecule has 32 heavy (non-hydrogen) atoms. The van der Waals surface area contributed by atoms with Crippen LogP contribution in [-0.4, -0.2) is 39.9 Å². The molecule has 2 aromatic rings. The Labute approximate surface area is 188 Å². The van der Waals surface area contributed by atoms with Gasteiger partial charge in [0.05, 0.1) is 12.0 Å². The third kappa shape index (κ3) is 6.23. The maximum Gasteiger partial charge on any atom is 0.261 e. The van der Waals surface area contributed by atoms with E-state index in [1.54, 1.807) is 37.3 Å². The zero-order valence-corrected chi connectivity index (χ0v) is 19.1. The molecule has 0 bridgehead atoms. The van der Waals surface area contributed by atoms with Crippen molar-refractivity contribution in [1.82, 2.24) is 10.6 Å². The van der Waals surface area contributed by atoms with Gasteiger partial charge >= 0.3 is 0 Å². The second-order valence-corrected chi connectivity index (χ2v) is 9.55. The Hall–Kier alpha value is -3.07. The van der Waals surface area contributed by atoms with E-state index in [0.717, 1.165) is 25.7 Å². The molecule has 0 aliphatic heterocycles. The van der Waals surface area contributed by atoms with Crippen molar-refractivity contribution in [3.8, 4) is 5.75 Å². The molecule has 0 atom stereocenters. The molecule has 1 saturated carbocycles. The number of anilines is 1. The van der Waals surface area contributed by atoms with Crippen molar-refractivity contribution in [3.63, 3.8) is 0 Å². The van der Waals surface area contributed by atoms with Crippen LogP contribution in [0.2, 0.25) is 0 Å². The minimum Gasteiger partial charge on any atom is -0.497 e. The molecule has 2 aromatic carbocycles. The van der Waals surface area contributed by atoms with Gasteiger partial charge in [-0.25, -0.2) is 8.42 Å². The fraction of sp³-hybridized carbons (Fsp3) is 0.391. The highest BCUT2D eigenvalue weighted by Gasteiger charge is 2.19. The smallest absolute Gasteiger partial charge is 0.261 e. The topological polar surface area (TPSA) is 114 Å². The van der Waals surface area contributed by atoms with Crippen LogP contribution in [0.5, 0.6) is 5.75 Å². The van der Waals surface area contributed by atoms with Crippen LogP contribution in [0.3, 0.4) is 0 Å². The first-order chi connectivity index (χ1) is 15.3. The summed E-state index contributed by atoms with van der Waals surface area (Å²) in [5.74, 6) is 0.103. The summed E-state index contributed by atoms with van der Waals surface area (Å²) in [5, 5.41) is 5.69. The summed E-state index contributed by atoms with van der Waals surface area (Å²) in [4.78, 5) is 24.6. The summed E-state index contributed by atoms with van der Waals surface area (Å²) >= 11 is 0. The standard InChI is InChI=1S/C23H29N3O5S/c1-16-7-12-20(32(29,30)26-18-8-10-19(31-2)11-9-18)15-21(16)23(28)24-14-13-22(27)25-17-5-3-4-6-17/h7-12,15,17,26H,3-6,13-14H2,1-2H3,(H,24,28)(H,25,27). The molecule has 0 aromatic heterocycles. The first-order valence-corrected chi connectivity index (χ1v) is 12.1.